The molecule has 2 N–H and O–H groups in total. The standard InChI is InChI=1S/C15H19ClN2S.CH4/c1-9(19-2)7-14-15-11(5-6-17-14)12-8-10(16)3-4-13(12)18-15;/h3-4,8-9,14,17-18H,5-7H2,1-2H3;1H4. The van der Waals surface area contributed by atoms with E-state index in [1.54, 1.807) is 0 Å². The summed E-state index contributed by atoms with van der Waals surface area (Å²) in [6.45, 7) is 3.35. The Hall–Kier alpha value is -0.640. The molecule has 2 nitrogen and oxygen atoms in total. The summed E-state index contributed by atoms with van der Waals surface area (Å²) in [7, 11) is 0. The number of hydrogen-bond acceptors (Lipinski definition) is 2. The van der Waals surface area contributed by atoms with E-state index in [9.17, 15) is 0 Å². The highest BCUT2D eigenvalue weighted by Crippen LogP contribution is 2.34. The fraction of sp³-hybridized carbons (Fsp3) is 0.500. The average molecular weight is 311 g/mol. The maximum atomic E-state index is 6.13. The summed E-state index contributed by atoms with van der Waals surface area (Å²) in [6, 6.07) is 6.58. The lowest BCUT2D eigenvalue weighted by Gasteiger charge is -2.26. The molecule has 0 saturated carbocycles. The molecule has 1 aliphatic rings. The molecule has 2 heterocycles. The second-order valence-electron chi connectivity index (χ2n) is 5.25. The average Bonchev–Trinajstić information content (AvgIpc) is 2.78. The van der Waals surface area contributed by atoms with Crippen LogP contribution in [0.1, 0.15) is 38.1 Å². The van der Waals surface area contributed by atoms with Crippen LogP contribution >= 0.6 is 23.4 Å². The first-order valence-electron chi connectivity index (χ1n) is 6.75. The van der Waals surface area contributed by atoms with Gasteiger partial charge in [0.2, 0.25) is 0 Å². The maximum absolute atomic E-state index is 6.13. The van der Waals surface area contributed by atoms with Crippen molar-refractivity contribution in [1.82, 2.24) is 10.3 Å². The number of fused-ring (bicyclic) bond motifs is 3. The third-order valence-electron chi connectivity index (χ3n) is 3.99. The summed E-state index contributed by atoms with van der Waals surface area (Å²) in [5.41, 5.74) is 4.03. The largest absolute Gasteiger partial charge is 0.357 e. The van der Waals surface area contributed by atoms with Gasteiger partial charge in [-0.1, -0.05) is 26.0 Å². The van der Waals surface area contributed by atoms with Gasteiger partial charge in [-0.05, 0) is 49.4 Å². The molecule has 110 valence electrons. The van der Waals surface area contributed by atoms with Crippen LogP contribution in [0.15, 0.2) is 18.2 Å². The van der Waals surface area contributed by atoms with Gasteiger partial charge in [-0.25, -0.2) is 0 Å². The number of aromatic nitrogens is 1. The van der Waals surface area contributed by atoms with Crippen molar-refractivity contribution in [3.05, 3.63) is 34.5 Å². The van der Waals surface area contributed by atoms with Crippen LogP contribution in [0.25, 0.3) is 10.9 Å². The zero-order valence-corrected chi connectivity index (χ0v) is 12.9. The van der Waals surface area contributed by atoms with Gasteiger partial charge in [0.05, 0.1) is 0 Å². The fourth-order valence-electron chi connectivity index (χ4n) is 2.91. The van der Waals surface area contributed by atoms with Crippen LogP contribution in [0.5, 0.6) is 0 Å². The molecule has 1 aromatic heterocycles. The summed E-state index contributed by atoms with van der Waals surface area (Å²) in [5.74, 6) is 0. The highest BCUT2D eigenvalue weighted by Gasteiger charge is 2.25. The smallest absolute Gasteiger partial charge is 0.0486 e. The predicted octanol–water partition coefficient (Wildman–Crippen LogP) is 4.79. The lowest BCUT2D eigenvalue weighted by Crippen LogP contribution is -2.31. The minimum absolute atomic E-state index is 0. The summed E-state index contributed by atoms with van der Waals surface area (Å²) >= 11 is 8.06. The van der Waals surface area contributed by atoms with Gasteiger partial charge < -0.3 is 10.3 Å². The number of nitrogens with one attached hydrogen (secondary N) is 2. The van der Waals surface area contributed by atoms with Gasteiger partial charge in [0, 0.05) is 32.9 Å². The molecule has 2 atom stereocenters. The van der Waals surface area contributed by atoms with Crippen LogP contribution < -0.4 is 5.32 Å². The van der Waals surface area contributed by atoms with E-state index in [4.69, 9.17) is 11.6 Å². The predicted molar refractivity (Wildman–Crippen MR) is 92.1 cm³/mol. The molecule has 20 heavy (non-hydrogen) atoms. The monoisotopic (exact) mass is 310 g/mol. The Morgan fingerprint density at radius 1 is 1.45 bits per heavy atom. The van der Waals surface area contributed by atoms with Gasteiger partial charge in [-0.3, -0.25) is 0 Å². The molecule has 4 heteroatoms. The molecule has 1 aliphatic heterocycles. The molecule has 2 aromatic rings. The minimum Gasteiger partial charge on any atom is -0.357 e. The highest BCUT2D eigenvalue weighted by atomic mass is 35.5. The van der Waals surface area contributed by atoms with Crippen molar-refractivity contribution in [3.8, 4) is 0 Å². The summed E-state index contributed by atoms with van der Waals surface area (Å²) in [4.78, 5) is 3.59. The molecule has 0 saturated heterocycles. The summed E-state index contributed by atoms with van der Waals surface area (Å²) in [5, 5.41) is 6.42. The zero-order chi connectivity index (χ0) is 13.4. The highest BCUT2D eigenvalue weighted by molar-refractivity contribution is 7.99. The molecular weight excluding hydrogens is 288 g/mol. The Morgan fingerprint density at radius 3 is 3.00 bits per heavy atom. The van der Waals surface area contributed by atoms with Crippen molar-refractivity contribution in [2.75, 3.05) is 12.8 Å². The second kappa shape index (κ2) is 6.42. The molecule has 2 unspecified atom stereocenters. The van der Waals surface area contributed by atoms with E-state index in [-0.39, 0.29) is 7.43 Å². The molecule has 1 aromatic carbocycles. The summed E-state index contributed by atoms with van der Waals surface area (Å²) < 4.78 is 0. The van der Waals surface area contributed by atoms with Crippen molar-refractivity contribution < 1.29 is 0 Å². The molecule has 0 fully saturated rings. The molecule has 3 rings (SSSR count). The maximum Gasteiger partial charge on any atom is 0.0486 e. The van der Waals surface area contributed by atoms with Gasteiger partial charge in [0.15, 0.2) is 0 Å². The van der Waals surface area contributed by atoms with Gasteiger partial charge in [0.1, 0.15) is 0 Å². The van der Waals surface area contributed by atoms with Crippen LogP contribution in [0.3, 0.4) is 0 Å². The van der Waals surface area contributed by atoms with Crippen LogP contribution in [-0.4, -0.2) is 23.0 Å². The molecule has 0 bridgehead atoms. The number of benzene rings is 1. The number of H-pyrrole nitrogens is 1. The number of hydrogen-bond donors (Lipinski definition) is 2. The Bertz CT molecular complexity index is 593. The Balaban J connectivity index is 0.00000147. The molecular formula is C16H23ClN2S. The number of thioether (sulfide) groups is 1. The van der Waals surface area contributed by atoms with Crippen molar-refractivity contribution in [2.24, 2.45) is 0 Å². The van der Waals surface area contributed by atoms with Crippen LogP contribution in [-0.2, 0) is 6.42 Å². The van der Waals surface area contributed by atoms with E-state index in [0.29, 0.717) is 11.3 Å². The molecule has 0 radical (unpaired) electrons. The molecule has 0 spiro atoms. The first-order valence-corrected chi connectivity index (χ1v) is 8.42. The SMILES string of the molecule is C.CSC(C)CC1NCCc2c1[nH]c1ccc(Cl)cc21. The van der Waals surface area contributed by atoms with Crippen LogP contribution in [0.2, 0.25) is 5.02 Å². The third-order valence-corrected chi connectivity index (χ3v) is 5.22. The first kappa shape index (κ1) is 15.7. The number of rotatable bonds is 3. The normalized spacial score (nSPS) is 19.4. The van der Waals surface area contributed by atoms with Crippen molar-refractivity contribution in [2.45, 2.75) is 38.5 Å². The van der Waals surface area contributed by atoms with E-state index in [1.807, 2.05) is 17.8 Å². The molecule has 0 aliphatic carbocycles. The number of aromatic amines is 1. The van der Waals surface area contributed by atoms with Crippen molar-refractivity contribution >= 4 is 34.3 Å². The summed E-state index contributed by atoms with van der Waals surface area (Å²) in [6.07, 6.45) is 4.42. The van der Waals surface area contributed by atoms with E-state index in [2.05, 4.69) is 35.6 Å². The van der Waals surface area contributed by atoms with Crippen LogP contribution in [0.4, 0.5) is 0 Å². The van der Waals surface area contributed by atoms with E-state index >= 15 is 0 Å². The van der Waals surface area contributed by atoms with E-state index in [0.717, 1.165) is 24.4 Å². The Kier molecular flexibility index (Phi) is 5.05. The topological polar surface area (TPSA) is 27.8 Å². The van der Waals surface area contributed by atoms with Gasteiger partial charge >= 0.3 is 0 Å². The van der Waals surface area contributed by atoms with Gasteiger partial charge in [-0.15, -0.1) is 0 Å². The fourth-order valence-corrected chi connectivity index (χ4v) is 3.47. The molecule has 0 amide bonds. The van der Waals surface area contributed by atoms with E-state index in [1.165, 1.54) is 22.2 Å². The Morgan fingerprint density at radius 2 is 2.25 bits per heavy atom. The number of halogens is 1. The van der Waals surface area contributed by atoms with E-state index < -0.39 is 0 Å². The van der Waals surface area contributed by atoms with Gasteiger partial charge in [0.25, 0.3) is 0 Å². The van der Waals surface area contributed by atoms with Crippen LogP contribution in [0, 0.1) is 0 Å². The van der Waals surface area contributed by atoms with Gasteiger partial charge in [-0.2, -0.15) is 11.8 Å². The lowest BCUT2D eigenvalue weighted by molar-refractivity contribution is 0.468. The van der Waals surface area contributed by atoms with Crippen molar-refractivity contribution in [1.29, 1.82) is 0 Å². The van der Waals surface area contributed by atoms with Crippen molar-refractivity contribution in [3.63, 3.8) is 0 Å². The first-order chi connectivity index (χ1) is 9.19. The lowest BCUT2D eigenvalue weighted by atomic mass is 9.96. The zero-order valence-electron chi connectivity index (χ0n) is 11.3. The second-order valence-corrected chi connectivity index (χ2v) is 6.96. The quantitative estimate of drug-likeness (QED) is 0.853. The minimum atomic E-state index is 0. The Labute approximate surface area is 130 Å². The third kappa shape index (κ3) is 2.85.